The maximum Gasteiger partial charge on any atom is 0.222 e. The second kappa shape index (κ2) is 4.86. The van der Waals surface area contributed by atoms with Crippen molar-refractivity contribution in [2.24, 2.45) is 0 Å². The van der Waals surface area contributed by atoms with E-state index in [1.807, 2.05) is 17.5 Å². The summed E-state index contributed by atoms with van der Waals surface area (Å²) in [5, 5.41) is 13.5. The summed E-state index contributed by atoms with van der Waals surface area (Å²) in [6.45, 7) is 0.550. The fraction of sp³-hybridized carbons (Fsp3) is 0.200. The Labute approximate surface area is 91.6 Å². The van der Waals surface area contributed by atoms with E-state index in [1.165, 1.54) is 0 Å². The smallest absolute Gasteiger partial charge is 0.222 e. The Kier molecular flexibility index (Phi) is 3.26. The summed E-state index contributed by atoms with van der Waals surface area (Å²) in [6, 6.07) is 4.03. The second-order valence-electron chi connectivity index (χ2n) is 2.92. The molecular formula is C10H11N3OS. The molecule has 0 fully saturated rings. The van der Waals surface area contributed by atoms with Crippen LogP contribution in [0.4, 0.5) is 5.95 Å². The van der Waals surface area contributed by atoms with Crippen molar-refractivity contribution >= 4 is 17.3 Å². The van der Waals surface area contributed by atoms with Crippen molar-refractivity contribution in [3.63, 3.8) is 0 Å². The Hall–Kier alpha value is -1.46. The number of rotatable bonds is 4. The third-order valence-corrected chi connectivity index (χ3v) is 2.77. The molecule has 0 saturated carbocycles. The van der Waals surface area contributed by atoms with Gasteiger partial charge in [0.1, 0.15) is 0 Å². The first-order chi connectivity index (χ1) is 7.40. The van der Waals surface area contributed by atoms with E-state index < -0.39 is 0 Å². The van der Waals surface area contributed by atoms with Gasteiger partial charge < -0.3 is 10.4 Å². The van der Waals surface area contributed by atoms with Crippen LogP contribution in [0.15, 0.2) is 29.9 Å². The zero-order valence-electron chi connectivity index (χ0n) is 8.05. The molecule has 5 heteroatoms. The van der Waals surface area contributed by atoms with E-state index in [0.717, 1.165) is 10.4 Å². The van der Waals surface area contributed by atoms with Crippen molar-refractivity contribution in [1.29, 1.82) is 0 Å². The number of aliphatic hydroxyl groups excluding tert-OH is 1. The predicted octanol–water partition coefficient (Wildman–Crippen LogP) is 1.61. The molecule has 0 aromatic carbocycles. The fourth-order valence-corrected chi connectivity index (χ4v) is 1.86. The molecule has 0 atom stereocenters. The number of anilines is 1. The second-order valence-corrected chi connectivity index (χ2v) is 3.87. The molecule has 2 aromatic rings. The molecular weight excluding hydrogens is 210 g/mol. The van der Waals surface area contributed by atoms with Crippen LogP contribution in [-0.2, 0) is 0 Å². The molecule has 0 aliphatic carbocycles. The molecule has 0 bridgehead atoms. The lowest BCUT2D eigenvalue weighted by Gasteiger charge is -2.02. The molecule has 0 radical (unpaired) electrons. The van der Waals surface area contributed by atoms with Crippen molar-refractivity contribution in [3.8, 4) is 10.4 Å². The Morgan fingerprint density at radius 2 is 2.13 bits per heavy atom. The van der Waals surface area contributed by atoms with Gasteiger partial charge in [0.05, 0.1) is 6.61 Å². The van der Waals surface area contributed by atoms with Gasteiger partial charge in [-0.3, -0.25) is 0 Å². The van der Waals surface area contributed by atoms with Crippen LogP contribution in [0.5, 0.6) is 0 Å². The summed E-state index contributed by atoms with van der Waals surface area (Å²) in [6.07, 6.45) is 3.55. The minimum absolute atomic E-state index is 0.0794. The highest BCUT2D eigenvalue weighted by atomic mass is 32.1. The third-order valence-electron chi connectivity index (χ3n) is 1.85. The van der Waals surface area contributed by atoms with E-state index in [9.17, 15) is 0 Å². The van der Waals surface area contributed by atoms with E-state index in [2.05, 4.69) is 15.3 Å². The van der Waals surface area contributed by atoms with Gasteiger partial charge in [-0.1, -0.05) is 6.07 Å². The largest absolute Gasteiger partial charge is 0.395 e. The quantitative estimate of drug-likeness (QED) is 0.823. The number of aliphatic hydroxyl groups is 1. The first-order valence-electron chi connectivity index (χ1n) is 4.61. The monoisotopic (exact) mass is 221 g/mol. The topological polar surface area (TPSA) is 58.0 Å². The van der Waals surface area contributed by atoms with E-state index in [4.69, 9.17) is 5.11 Å². The molecule has 0 saturated heterocycles. The normalized spacial score (nSPS) is 10.2. The van der Waals surface area contributed by atoms with Crippen molar-refractivity contribution in [3.05, 3.63) is 29.9 Å². The van der Waals surface area contributed by atoms with Crippen LogP contribution in [0.2, 0.25) is 0 Å². The average molecular weight is 221 g/mol. The summed E-state index contributed by atoms with van der Waals surface area (Å²) in [5.74, 6) is 0.546. The Bertz CT molecular complexity index is 399. The van der Waals surface area contributed by atoms with Gasteiger partial charge in [-0.05, 0) is 11.4 Å². The number of aromatic nitrogens is 2. The molecule has 2 heterocycles. The van der Waals surface area contributed by atoms with Crippen LogP contribution in [0.25, 0.3) is 10.4 Å². The van der Waals surface area contributed by atoms with Crippen LogP contribution in [0.1, 0.15) is 0 Å². The summed E-state index contributed by atoms with van der Waals surface area (Å²) < 4.78 is 0. The third kappa shape index (κ3) is 2.51. The molecule has 2 N–H and O–H groups in total. The standard InChI is InChI=1S/C10H11N3OS/c14-4-3-11-10-12-6-8(7-13-10)9-2-1-5-15-9/h1-2,5-7,14H,3-4H2,(H,11,12,13). The Balaban J connectivity index is 2.11. The maximum atomic E-state index is 8.62. The van der Waals surface area contributed by atoms with Gasteiger partial charge in [0.15, 0.2) is 0 Å². The van der Waals surface area contributed by atoms with Crippen molar-refractivity contribution < 1.29 is 5.11 Å². The van der Waals surface area contributed by atoms with Crippen LogP contribution >= 0.6 is 11.3 Å². The highest BCUT2D eigenvalue weighted by Gasteiger charge is 2.00. The summed E-state index contributed by atoms with van der Waals surface area (Å²) in [4.78, 5) is 9.45. The van der Waals surface area contributed by atoms with E-state index >= 15 is 0 Å². The first kappa shape index (κ1) is 10.1. The van der Waals surface area contributed by atoms with E-state index in [0.29, 0.717) is 12.5 Å². The highest BCUT2D eigenvalue weighted by Crippen LogP contribution is 2.23. The summed E-state index contributed by atoms with van der Waals surface area (Å²) >= 11 is 1.66. The highest BCUT2D eigenvalue weighted by molar-refractivity contribution is 7.13. The summed E-state index contributed by atoms with van der Waals surface area (Å²) in [7, 11) is 0. The zero-order chi connectivity index (χ0) is 10.5. The maximum absolute atomic E-state index is 8.62. The van der Waals surface area contributed by atoms with Gasteiger partial charge in [-0.25, -0.2) is 9.97 Å². The fourth-order valence-electron chi connectivity index (χ4n) is 1.16. The van der Waals surface area contributed by atoms with Gasteiger partial charge in [-0.15, -0.1) is 11.3 Å². The van der Waals surface area contributed by atoms with Crippen LogP contribution in [0, 0.1) is 0 Å². The van der Waals surface area contributed by atoms with Gasteiger partial charge in [-0.2, -0.15) is 0 Å². The Morgan fingerprint density at radius 3 is 2.73 bits per heavy atom. The van der Waals surface area contributed by atoms with Gasteiger partial charge >= 0.3 is 0 Å². The van der Waals surface area contributed by atoms with Gasteiger partial charge in [0, 0.05) is 29.4 Å². The first-order valence-corrected chi connectivity index (χ1v) is 5.49. The average Bonchev–Trinajstić information content (AvgIpc) is 2.80. The molecule has 0 aliphatic heterocycles. The molecule has 2 rings (SSSR count). The molecule has 0 spiro atoms. The molecule has 0 amide bonds. The number of hydrogen-bond donors (Lipinski definition) is 2. The van der Waals surface area contributed by atoms with Crippen LogP contribution in [0.3, 0.4) is 0 Å². The van der Waals surface area contributed by atoms with Crippen molar-refractivity contribution in [2.45, 2.75) is 0 Å². The van der Waals surface area contributed by atoms with E-state index in [1.54, 1.807) is 23.7 Å². The molecule has 4 nitrogen and oxygen atoms in total. The SMILES string of the molecule is OCCNc1ncc(-c2cccs2)cn1. The summed E-state index contributed by atoms with van der Waals surface area (Å²) in [5.41, 5.74) is 1.01. The minimum atomic E-state index is 0.0794. The minimum Gasteiger partial charge on any atom is -0.395 e. The molecule has 2 aromatic heterocycles. The molecule has 78 valence electrons. The lowest BCUT2D eigenvalue weighted by Crippen LogP contribution is -2.08. The van der Waals surface area contributed by atoms with Crippen molar-refractivity contribution in [2.75, 3.05) is 18.5 Å². The number of thiophene rings is 1. The van der Waals surface area contributed by atoms with E-state index in [-0.39, 0.29) is 6.61 Å². The molecule has 15 heavy (non-hydrogen) atoms. The molecule has 0 unspecified atom stereocenters. The van der Waals surface area contributed by atoms with Gasteiger partial charge in [0.2, 0.25) is 5.95 Å². The van der Waals surface area contributed by atoms with Gasteiger partial charge in [0.25, 0.3) is 0 Å². The number of nitrogens with zero attached hydrogens (tertiary/aromatic N) is 2. The Morgan fingerprint density at radius 1 is 1.33 bits per heavy atom. The zero-order valence-corrected chi connectivity index (χ0v) is 8.87. The lowest BCUT2D eigenvalue weighted by molar-refractivity contribution is 0.311. The number of hydrogen-bond acceptors (Lipinski definition) is 5. The van der Waals surface area contributed by atoms with Crippen LogP contribution < -0.4 is 5.32 Å². The number of nitrogens with one attached hydrogen (secondary N) is 1. The molecule has 0 aliphatic rings. The predicted molar refractivity (Wildman–Crippen MR) is 60.9 cm³/mol. The lowest BCUT2D eigenvalue weighted by atomic mass is 10.3. The van der Waals surface area contributed by atoms with Crippen molar-refractivity contribution in [1.82, 2.24) is 9.97 Å². The van der Waals surface area contributed by atoms with Crippen LogP contribution in [-0.4, -0.2) is 28.2 Å².